The maximum Gasteiger partial charge on any atom is 0.302 e. The van der Waals surface area contributed by atoms with Crippen molar-refractivity contribution in [2.75, 3.05) is 0 Å². The second-order valence-corrected chi connectivity index (χ2v) is 14.2. The van der Waals surface area contributed by atoms with Gasteiger partial charge in [0.2, 0.25) is 0 Å². The molecule has 5 heteroatoms. The molecule has 0 aliphatic heterocycles. The Hall–Kier alpha value is -3.57. The van der Waals surface area contributed by atoms with E-state index in [1.165, 1.54) is 38.8 Å². The minimum Gasteiger partial charge on any atom is -0.747 e. The van der Waals surface area contributed by atoms with E-state index >= 15 is 0 Å². The molecule has 0 N–H and O–H groups in total. The Bertz CT molecular complexity index is 1560. The Morgan fingerprint density at radius 1 is 0.651 bits per heavy atom. The molecule has 0 amide bonds. The molecule has 0 aromatic heterocycles. The fourth-order valence-corrected chi connectivity index (χ4v) is 9.83. The van der Waals surface area contributed by atoms with Gasteiger partial charge in [0.05, 0.1) is 6.10 Å². The van der Waals surface area contributed by atoms with Gasteiger partial charge in [-0.2, -0.15) is 6.07 Å². The summed E-state index contributed by atoms with van der Waals surface area (Å²) in [5.41, 5.74) is 1.09. The maximum atomic E-state index is 11.4. The van der Waals surface area contributed by atoms with Crippen LogP contribution < -0.4 is 31.8 Å². The summed E-state index contributed by atoms with van der Waals surface area (Å²) < 4.78 is 5.43. The Morgan fingerprint density at radius 3 is 1.49 bits per heavy atom. The van der Waals surface area contributed by atoms with Gasteiger partial charge in [-0.3, -0.25) is 4.79 Å². The van der Waals surface area contributed by atoms with E-state index in [9.17, 15) is 4.79 Å². The van der Waals surface area contributed by atoms with Gasteiger partial charge in [0, 0.05) is 24.0 Å². The smallest absolute Gasteiger partial charge is 0.302 e. The van der Waals surface area contributed by atoms with Crippen LogP contribution >= 0.6 is 15.8 Å². The SMILES string of the molecule is CC(=O)OC(C)[c-]1cccc1P(c1ccccc1)c1ccccc1.[Fe].c1ccc(P(c2ccccc2)[c-]2[cH-][cH-][cH-][cH-]2)cc1. The van der Waals surface area contributed by atoms with Crippen LogP contribution in [0.1, 0.15) is 25.5 Å². The number of hydrogen-bond acceptors (Lipinski definition) is 2. The molecule has 0 bridgehead atoms. The van der Waals surface area contributed by atoms with Crippen molar-refractivity contribution in [1.82, 2.24) is 0 Å². The Balaban J connectivity index is 0.000000199. The summed E-state index contributed by atoms with van der Waals surface area (Å²) in [6, 6.07) is 57.6. The van der Waals surface area contributed by atoms with Crippen molar-refractivity contribution < 1.29 is 26.6 Å². The van der Waals surface area contributed by atoms with Crippen molar-refractivity contribution in [1.29, 1.82) is 0 Å². The first-order valence-corrected chi connectivity index (χ1v) is 16.7. The molecule has 0 spiro atoms. The van der Waals surface area contributed by atoms with Crippen molar-refractivity contribution in [2.45, 2.75) is 20.0 Å². The van der Waals surface area contributed by atoms with Crippen molar-refractivity contribution in [3.8, 4) is 0 Å². The van der Waals surface area contributed by atoms with Gasteiger partial charge < -0.3 is 34.3 Å². The monoisotopic (exact) mass is 640 g/mol. The zero-order valence-electron chi connectivity index (χ0n) is 24.2. The molecule has 6 rings (SSSR count). The van der Waals surface area contributed by atoms with Crippen LogP contribution in [0.15, 0.2) is 164 Å². The van der Waals surface area contributed by atoms with Gasteiger partial charge in [-0.15, -0.1) is 10.9 Å². The summed E-state index contributed by atoms with van der Waals surface area (Å²) in [7, 11) is -1.09. The van der Waals surface area contributed by atoms with Crippen molar-refractivity contribution in [3.05, 3.63) is 169 Å². The van der Waals surface area contributed by atoms with Gasteiger partial charge >= 0.3 is 5.97 Å². The van der Waals surface area contributed by atoms with E-state index in [0.29, 0.717) is 0 Å². The number of rotatable bonds is 8. The van der Waals surface area contributed by atoms with Crippen molar-refractivity contribution in [3.63, 3.8) is 0 Å². The van der Waals surface area contributed by atoms with Gasteiger partial charge in [0.1, 0.15) is 0 Å². The third-order valence-electron chi connectivity index (χ3n) is 6.81. The number of carbonyl (C=O) groups is 1. The molecular formula is C38H34FeO2P2-6. The molecule has 0 fully saturated rings. The first kappa shape index (κ1) is 32.3. The zero-order chi connectivity index (χ0) is 29.1. The number of ether oxygens (including phenoxy) is 1. The van der Waals surface area contributed by atoms with Crippen LogP contribution in [-0.4, -0.2) is 5.97 Å². The normalized spacial score (nSPS) is 11.3. The molecule has 2 nitrogen and oxygen atoms in total. The Kier molecular flexibility index (Phi) is 12.3. The van der Waals surface area contributed by atoms with E-state index in [1.54, 1.807) is 0 Å². The number of carbonyl (C=O) groups excluding carboxylic acids is 1. The Labute approximate surface area is 268 Å². The largest absolute Gasteiger partial charge is 0.747 e. The molecule has 222 valence electrons. The number of benzene rings is 4. The minimum atomic E-state index is -0.678. The van der Waals surface area contributed by atoms with Gasteiger partial charge in [-0.25, -0.2) is 20.1 Å². The molecule has 0 saturated heterocycles. The molecule has 0 radical (unpaired) electrons. The van der Waals surface area contributed by atoms with Gasteiger partial charge in [-0.05, 0) is 25.5 Å². The standard InChI is InChI=1S/C21H20O2P.C17H14P.Fe/c1-16(23-17(2)22)20-14-9-15-21(20)24(18-10-5-3-6-11-18)19-12-7-4-8-13-19;1-3-9-15(10-4-1)18(17-13-7-8-14-17)16-11-5-2-6-12-16;/h3-16H,1-2H3;1-14H;/q-1;-5;. The van der Waals surface area contributed by atoms with Crippen LogP contribution in [0.25, 0.3) is 0 Å². The number of hydrogen-bond donors (Lipinski definition) is 0. The van der Waals surface area contributed by atoms with Crippen LogP contribution in [0, 0.1) is 0 Å². The quantitative estimate of drug-likeness (QED) is 0.0780. The second-order valence-electron chi connectivity index (χ2n) is 9.77. The fourth-order valence-electron chi connectivity index (χ4n) is 4.98. The van der Waals surface area contributed by atoms with E-state index in [1.807, 2.05) is 25.1 Å². The van der Waals surface area contributed by atoms with Crippen LogP contribution in [-0.2, 0) is 26.6 Å². The first-order valence-electron chi connectivity index (χ1n) is 14.1. The van der Waals surface area contributed by atoms with Gasteiger partial charge in [-0.1, -0.05) is 132 Å². The Morgan fingerprint density at radius 2 is 1.07 bits per heavy atom. The van der Waals surface area contributed by atoms with Crippen LogP contribution in [0.4, 0.5) is 0 Å². The predicted octanol–water partition coefficient (Wildman–Crippen LogP) is 6.95. The van der Waals surface area contributed by atoms with Gasteiger partial charge in [0.15, 0.2) is 0 Å². The molecule has 1 atom stereocenters. The summed E-state index contributed by atoms with van der Waals surface area (Å²) in [5, 5.41) is 8.07. The zero-order valence-corrected chi connectivity index (χ0v) is 27.1. The molecule has 6 aromatic carbocycles. The summed E-state index contributed by atoms with van der Waals surface area (Å²) in [6.07, 6.45) is -0.245. The van der Waals surface area contributed by atoms with Crippen LogP contribution in [0.2, 0.25) is 0 Å². The van der Waals surface area contributed by atoms with E-state index in [0.717, 1.165) is 5.56 Å². The van der Waals surface area contributed by atoms with E-state index < -0.39 is 15.8 Å². The van der Waals surface area contributed by atoms with E-state index in [4.69, 9.17) is 4.74 Å². The number of esters is 1. The molecule has 0 saturated carbocycles. The maximum absolute atomic E-state index is 11.4. The second kappa shape index (κ2) is 16.3. The molecule has 1 unspecified atom stereocenters. The fraction of sp³-hybridized carbons (Fsp3) is 0.0789. The average molecular weight is 640 g/mol. The van der Waals surface area contributed by atoms with Crippen LogP contribution in [0.3, 0.4) is 0 Å². The molecule has 6 aromatic rings. The molecule has 0 aliphatic rings. The van der Waals surface area contributed by atoms with Gasteiger partial charge in [0.25, 0.3) is 0 Å². The summed E-state index contributed by atoms with van der Waals surface area (Å²) in [4.78, 5) is 11.4. The minimum absolute atomic E-state index is 0. The van der Waals surface area contributed by atoms with Crippen LogP contribution in [0.5, 0.6) is 0 Å². The predicted molar refractivity (Wildman–Crippen MR) is 182 cm³/mol. The van der Waals surface area contributed by atoms with E-state index in [-0.39, 0.29) is 29.1 Å². The first-order chi connectivity index (χ1) is 20.6. The molecule has 0 aliphatic carbocycles. The topological polar surface area (TPSA) is 26.3 Å². The average Bonchev–Trinajstić information content (AvgIpc) is 3.73. The summed E-state index contributed by atoms with van der Waals surface area (Å²) in [6.45, 7) is 3.39. The van der Waals surface area contributed by atoms with E-state index in [2.05, 4.69) is 146 Å². The third-order valence-corrected chi connectivity index (χ3v) is 11.8. The van der Waals surface area contributed by atoms with Crippen molar-refractivity contribution in [2.24, 2.45) is 0 Å². The molecular weight excluding hydrogens is 606 g/mol. The summed E-state index contributed by atoms with van der Waals surface area (Å²) in [5.74, 6) is -0.251. The summed E-state index contributed by atoms with van der Waals surface area (Å²) >= 11 is 0. The molecule has 0 heterocycles. The third kappa shape index (κ3) is 8.51. The molecule has 43 heavy (non-hydrogen) atoms. The van der Waals surface area contributed by atoms with Crippen molar-refractivity contribution >= 4 is 53.6 Å².